The average molecular weight is 486 g/mol. The summed E-state index contributed by atoms with van der Waals surface area (Å²) in [6.07, 6.45) is 5.85. The third-order valence-electron chi connectivity index (χ3n) is 5.39. The Hall–Kier alpha value is -3.06. The molecule has 2 unspecified atom stereocenters. The van der Waals surface area contributed by atoms with Gasteiger partial charge in [0.1, 0.15) is 0 Å². The summed E-state index contributed by atoms with van der Waals surface area (Å²) in [5.74, 6) is 0.218. The highest BCUT2D eigenvalue weighted by atomic mass is 32.2. The van der Waals surface area contributed by atoms with Gasteiger partial charge in [0, 0.05) is 42.9 Å². The van der Waals surface area contributed by atoms with Gasteiger partial charge in [-0.15, -0.1) is 11.3 Å². The van der Waals surface area contributed by atoms with E-state index >= 15 is 0 Å². The molecule has 1 fully saturated rings. The number of thiophene rings is 1. The van der Waals surface area contributed by atoms with Gasteiger partial charge >= 0.3 is 0 Å². The number of aromatic nitrogens is 2. The molecule has 1 aromatic carbocycles. The van der Waals surface area contributed by atoms with Gasteiger partial charge < -0.3 is 10.5 Å². The number of sulfonamides is 1. The lowest BCUT2D eigenvalue weighted by Gasteiger charge is -2.45. The van der Waals surface area contributed by atoms with Crippen LogP contribution in [0.15, 0.2) is 53.1 Å². The molecule has 5 rings (SSSR count). The molecule has 0 aliphatic carbocycles. The third kappa shape index (κ3) is 4.69. The van der Waals surface area contributed by atoms with Crippen LogP contribution in [-0.4, -0.2) is 55.6 Å². The van der Waals surface area contributed by atoms with E-state index in [0.717, 1.165) is 27.9 Å². The van der Waals surface area contributed by atoms with Crippen LogP contribution in [0.3, 0.4) is 0 Å². The summed E-state index contributed by atoms with van der Waals surface area (Å²) in [5, 5.41) is 6.42. The van der Waals surface area contributed by atoms with Gasteiger partial charge in [0.15, 0.2) is 6.17 Å². The van der Waals surface area contributed by atoms with Gasteiger partial charge in [0.2, 0.25) is 16.0 Å². The van der Waals surface area contributed by atoms with Crippen molar-refractivity contribution in [3.63, 3.8) is 0 Å². The largest absolute Gasteiger partial charge is 0.371 e. The van der Waals surface area contributed by atoms with Crippen LogP contribution >= 0.6 is 11.3 Å². The summed E-state index contributed by atoms with van der Waals surface area (Å²) in [4.78, 5) is 14.2. The van der Waals surface area contributed by atoms with Gasteiger partial charge in [-0.05, 0) is 29.1 Å². The van der Waals surface area contributed by atoms with Crippen LogP contribution in [0.4, 0.5) is 17.3 Å². The molecule has 172 valence electrons. The highest BCUT2D eigenvalue weighted by molar-refractivity contribution is 7.92. The van der Waals surface area contributed by atoms with Crippen LogP contribution in [0.1, 0.15) is 28.3 Å². The number of ether oxygens (including phenoxy) is 1. The third-order valence-corrected chi connectivity index (χ3v) is 6.83. The number of fused-ring (bicyclic) bond motifs is 1. The fourth-order valence-corrected chi connectivity index (χ4v) is 5.30. The second kappa shape index (κ2) is 8.71. The maximum Gasteiger partial charge on any atom is 0.229 e. The highest BCUT2D eigenvalue weighted by Gasteiger charge is 2.35. The number of nitrogens with two attached hydrogens (primary N) is 1. The molecule has 4 heterocycles. The molecule has 0 bridgehead atoms. The summed E-state index contributed by atoms with van der Waals surface area (Å²) >= 11 is 1.63. The van der Waals surface area contributed by atoms with E-state index < -0.39 is 10.0 Å². The van der Waals surface area contributed by atoms with Crippen molar-refractivity contribution in [3.05, 3.63) is 64.1 Å². The monoisotopic (exact) mass is 485 g/mol. The van der Waals surface area contributed by atoms with E-state index in [1.165, 1.54) is 0 Å². The fourth-order valence-electron chi connectivity index (χ4n) is 4.00. The smallest absolute Gasteiger partial charge is 0.229 e. The van der Waals surface area contributed by atoms with E-state index in [4.69, 9.17) is 15.5 Å². The lowest BCUT2D eigenvalue weighted by Crippen LogP contribution is -2.52. The maximum atomic E-state index is 11.6. The van der Waals surface area contributed by atoms with Crippen molar-refractivity contribution in [1.82, 2.24) is 15.0 Å². The zero-order valence-corrected chi connectivity index (χ0v) is 19.5. The highest BCUT2D eigenvalue weighted by Crippen LogP contribution is 2.39. The lowest BCUT2D eigenvalue weighted by atomic mass is 10.1. The number of nitrogens with zero attached hydrogens (tertiary/aromatic N) is 5. The molecule has 10 nitrogen and oxygen atoms in total. The predicted octanol–water partition coefficient (Wildman–Crippen LogP) is 2.42. The first-order valence-electron chi connectivity index (χ1n) is 10.3. The molecule has 33 heavy (non-hydrogen) atoms. The van der Waals surface area contributed by atoms with Crippen LogP contribution < -0.4 is 15.5 Å². The second-order valence-electron chi connectivity index (χ2n) is 7.81. The van der Waals surface area contributed by atoms with Crippen molar-refractivity contribution in [3.8, 4) is 0 Å². The van der Waals surface area contributed by atoms with Crippen LogP contribution in [0.25, 0.3) is 0 Å². The Kier molecular flexibility index (Phi) is 5.74. The predicted molar refractivity (Wildman–Crippen MR) is 129 cm³/mol. The number of nitrogen functional groups attached to an aromatic ring is 1. The standard InChI is InChI=1S/C21H23N7O3S2/c1-33(29,30)26-16-4-2-3-14(9-16)18-13-27(6-7-31-18)28-17-5-8-32-19(17)12-23-20(28)15-10-24-21(22)25-11-15/h2-5,8-12,18,20,26H,6-7,13H2,1H3,(H2,22,24,25). The molecule has 0 amide bonds. The molecule has 12 heteroatoms. The summed E-state index contributed by atoms with van der Waals surface area (Å²) in [6.45, 7) is 1.76. The first-order chi connectivity index (χ1) is 15.9. The Labute approximate surface area is 195 Å². The minimum Gasteiger partial charge on any atom is -0.371 e. The fraction of sp³-hybridized carbons (Fsp3) is 0.286. The van der Waals surface area contributed by atoms with E-state index in [-0.39, 0.29) is 18.2 Å². The number of hydrogen-bond acceptors (Lipinski definition) is 10. The minimum absolute atomic E-state index is 0.218. The molecule has 2 aliphatic rings. The van der Waals surface area contributed by atoms with E-state index in [9.17, 15) is 8.42 Å². The normalized spacial score (nSPS) is 21.1. The SMILES string of the molecule is CS(=O)(=O)Nc1cccc(C2CN(N3c4ccsc4C=NC3c3cnc(N)nc3)CCO2)c1. The van der Waals surface area contributed by atoms with Crippen molar-refractivity contribution < 1.29 is 13.2 Å². The number of hydrogen-bond donors (Lipinski definition) is 2. The summed E-state index contributed by atoms with van der Waals surface area (Å²) in [6, 6.07) is 9.38. The number of rotatable bonds is 5. The summed E-state index contributed by atoms with van der Waals surface area (Å²) < 4.78 is 31.9. The molecular formula is C21H23N7O3S2. The van der Waals surface area contributed by atoms with Gasteiger partial charge in [0.25, 0.3) is 0 Å². The first kappa shape index (κ1) is 21.8. The molecule has 2 atom stereocenters. The van der Waals surface area contributed by atoms with Crippen molar-refractivity contribution in [2.45, 2.75) is 12.3 Å². The van der Waals surface area contributed by atoms with Crippen LogP contribution in [0.2, 0.25) is 0 Å². The number of morpholine rings is 1. The Morgan fingerprint density at radius 2 is 2.03 bits per heavy atom. The second-order valence-corrected chi connectivity index (χ2v) is 10.5. The van der Waals surface area contributed by atoms with Crippen LogP contribution in [0.5, 0.6) is 0 Å². The van der Waals surface area contributed by atoms with E-state index in [0.29, 0.717) is 25.4 Å². The minimum atomic E-state index is -3.37. The van der Waals surface area contributed by atoms with Crippen LogP contribution in [-0.2, 0) is 14.8 Å². The first-order valence-corrected chi connectivity index (χ1v) is 13.1. The van der Waals surface area contributed by atoms with Gasteiger partial charge in [-0.2, -0.15) is 0 Å². The zero-order valence-electron chi connectivity index (χ0n) is 17.8. The number of hydrazine groups is 1. The molecular weight excluding hydrogens is 462 g/mol. The van der Waals surface area contributed by atoms with Crippen molar-refractivity contribution in [2.75, 3.05) is 41.4 Å². The van der Waals surface area contributed by atoms with Crippen molar-refractivity contribution >= 4 is 44.9 Å². The molecule has 0 saturated carbocycles. The quantitative estimate of drug-likeness (QED) is 0.564. The molecule has 0 radical (unpaired) electrons. The maximum absolute atomic E-state index is 11.6. The van der Waals surface area contributed by atoms with Gasteiger partial charge in [-0.1, -0.05) is 12.1 Å². The lowest BCUT2D eigenvalue weighted by molar-refractivity contribution is -0.0377. The van der Waals surface area contributed by atoms with Gasteiger partial charge in [-0.25, -0.2) is 23.4 Å². The van der Waals surface area contributed by atoms with Crippen molar-refractivity contribution in [2.24, 2.45) is 4.99 Å². The summed E-state index contributed by atoms with van der Waals surface area (Å²) in [5.41, 5.74) is 8.98. The molecule has 3 N–H and O–H groups in total. The van der Waals surface area contributed by atoms with E-state index in [2.05, 4.69) is 30.8 Å². The van der Waals surface area contributed by atoms with Crippen LogP contribution in [0, 0.1) is 0 Å². The molecule has 3 aromatic rings. The average Bonchev–Trinajstić information content (AvgIpc) is 3.27. The Morgan fingerprint density at radius 3 is 2.82 bits per heavy atom. The molecule has 2 aromatic heterocycles. The van der Waals surface area contributed by atoms with Gasteiger partial charge in [-0.3, -0.25) is 14.7 Å². The Balaban J connectivity index is 1.44. The Bertz CT molecular complexity index is 1280. The topological polar surface area (TPSA) is 126 Å². The molecule has 2 aliphatic heterocycles. The Morgan fingerprint density at radius 1 is 1.21 bits per heavy atom. The van der Waals surface area contributed by atoms with Gasteiger partial charge in [0.05, 0.1) is 29.5 Å². The molecule has 1 saturated heterocycles. The molecule has 0 spiro atoms. The number of aliphatic imine (C=N–C) groups is 1. The number of benzene rings is 1. The number of anilines is 3. The summed E-state index contributed by atoms with van der Waals surface area (Å²) in [7, 11) is -3.37. The van der Waals surface area contributed by atoms with E-state index in [1.54, 1.807) is 29.8 Å². The zero-order chi connectivity index (χ0) is 23.0. The van der Waals surface area contributed by atoms with E-state index in [1.807, 2.05) is 29.8 Å². The van der Waals surface area contributed by atoms with Crippen molar-refractivity contribution in [1.29, 1.82) is 0 Å². The number of nitrogens with one attached hydrogen (secondary N) is 1.